The predicted octanol–water partition coefficient (Wildman–Crippen LogP) is 1.75. The average molecular weight is 496 g/mol. The molecule has 2 N–H and O–H groups in total. The Morgan fingerprint density at radius 1 is 1.19 bits per heavy atom. The lowest BCUT2D eigenvalue weighted by atomic mass is 10.1. The van der Waals surface area contributed by atoms with Gasteiger partial charge in [-0.25, -0.2) is 8.78 Å². The fourth-order valence-electron chi connectivity index (χ4n) is 4.43. The Bertz CT molecular complexity index is 1420. The van der Waals surface area contributed by atoms with Gasteiger partial charge in [0.15, 0.2) is 11.4 Å². The molecule has 186 valence electrons. The zero-order chi connectivity index (χ0) is 25.6. The molecule has 36 heavy (non-hydrogen) atoms. The number of rotatable bonds is 5. The van der Waals surface area contributed by atoms with Crippen LogP contribution < -0.4 is 20.5 Å². The molecular weight excluding hydrogens is 474 g/mol. The van der Waals surface area contributed by atoms with E-state index in [2.05, 4.69) is 5.32 Å². The van der Waals surface area contributed by atoms with Crippen LogP contribution in [0, 0.1) is 11.6 Å². The van der Waals surface area contributed by atoms with Crippen molar-refractivity contribution in [3.63, 3.8) is 0 Å². The normalized spacial score (nSPS) is 16.4. The molecule has 11 heteroatoms. The molecule has 0 radical (unpaired) electrons. The van der Waals surface area contributed by atoms with Crippen LogP contribution in [0.15, 0.2) is 53.5 Å². The van der Waals surface area contributed by atoms with Gasteiger partial charge in [-0.1, -0.05) is 24.3 Å². The number of pyridine rings is 1. The first kappa shape index (κ1) is 23.3. The number of aromatic hydroxyl groups is 1. The van der Waals surface area contributed by atoms with E-state index in [1.165, 1.54) is 15.6 Å². The molecule has 0 aliphatic carbocycles. The zero-order valence-corrected chi connectivity index (χ0v) is 19.2. The Hall–Kier alpha value is -4.41. The van der Waals surface area contributed by atoms with Gasteiger partial charge >= 0.3 is 0 Å². The van der Waals surface area contributed by atoms with Crippen molar-refractivity contribution in [1.82, 2.24) is 14.9 Å². The van der Waals surface area contributed by atoms with E-state index in [0.717, 1.165) is 23.6 Å². The summed E-state index contributed by atoms with van der Waals surface area (Å²) in [5, 5.41) is 14.6. The fraction of sp³-hybridized carbons (Fsp3) is 0.240. The van der Waals surface area contributed by atoms with Gasteiger partial charge in [0.1, 0.15) is 35.7 Å². The third kappa shape index (κ3) is 4.12. The van der Waals surface area contributed by atoms with Crippen LogP contribution in [-0.4, -0.2) is 52.9 Å². The molecule has 1 atom stereocenters. The number of aromatic nitrogens is 1. The maximum absolute atomic E-state index is 13.9. The number of ether oxygens (including phenoxy) is 1. The van der Waals surface area contributed by atoms with Crippen molar-refractivity contribution in [2.45, 2.75) is 19.1 Å². The molecule has 0 fully saturated rings. The molecule has 3 heterocycles. The Kier molecular flexibility index (Phi) is 5.83. The van der Waals surface area contributed by atoms with Crippen LogP contribution in [0.2, 0.25) is 0 Å². The third-order valence-electron chi connectivity index (χ3n) is 6.23. The molecule has 0 spiro atoms. The molecule has 2 aliphatic rings. The van der Waals surface area contributed by atoms with E-state index in [-0.39, 0.29) is 37.1 Å². The van der Waals surface area contributed by atoms with E-state index in [4.69, 9.17) is 4.74 Å². The SMILES string of the molecule is CN1CN(CC2Cc3ccccc3O2)C(=O)c2c(O)c(=O)c(C(=O)NCc3ccc(F)cc3F)cn21. The second-order valence-electron chi connectivity index (χ2n) is 8.71. The average Bonchev–Trinajstić information content (AvgIpc) is 3.25. The first-order valence-corrected chi connectivity index (χ1v) is 11.2. The maximum Gasteiger partial charge on any atom is 0.278 e. The Balaban J connectivity index is 1.35. The summed E-state index contributed by atoms with van der Waals surface area (Å²) >= 11 is 0. The minimum absolute atomic E-state index is 0.0197. The predicted molar refractivity (Wildman–Crippen MR) is 125 cm³/mol. The number of fused-ring (bicyclic) bond motifs is 2. The van der Waals surface area contributed by atoms with E-state index >= 15 is 0 Å². The summed E-state index contributed by atoms with van der Waals surface area (Å²) in [6.07, 6.45) is 1.50. The topological polar surface area (TPSA) is 104 Å². The van der Waals surface area contributed by atoms with Crippen LogP contribution in [0.3, 0.4) is 0 Å². The first-order chi connectivity index (χ1) is 17.2. The van der Waals surface area contributed by atoms with Crippen LogP contribution in [-0.2, 0) is 13.0 Å². The van der Waals surface area contributed by atoms with Crippen molar-refractivity contribution >= 4 is 11.8 Å². The summed E-state index contributed by atoms with van der Waals surface area (Å²) in [5.41, 5.74) is -0.680. The van der Waals surface area contributed by atoms with Crippen molar-refractivity contribution < 1.29 is 28.2 Å². The monoisotopic (exact) mass is 496 g/mol. The van der Waals surface area contributed by atoms with Crippen molar-refractivity contribution in [3.8, 4) is 11.5 Å². The molecule has 1 unspecified atom stereocenters. The smallest absolute Gasteiger partial charge is 0.278 e. The van der Waals surface area contributed by atoms with Gasteiger partial charge in [-0.15, -0.1) is 0 Å². The van der Waals surface area contributed by atoms with Crippen LogP contribution >= 0.6 is 0 Å². The summed E-state index contributed by atoms with van der Waals surface area (Å²) in [6.45, 7) is 0.0440. The van der Waals surface area contributed by atoms with Crippen LogP contribution in [0.1, 0.15) is 32.0 Å². The summed E-state index contributed by atoms with van der Waals surface area (Å²) in [7, 11) is 1.63. The molecule has 1 aromatic heterocycles. The maximum atomic E-state index is 13.9. The quantitative estimate of drug-likeness (QED) is 0.558. The number of benzene rings is 2. The Labute approximate surface area is 204 Å². The van der Waals surface area contributed by atoms with Gasteiger partial charge in [-0.05, 0) is 17.7 Å². The first-order valence-electron chi connectivity index (χ1n) is 11.2. The van der Waals surface area contributed by atoms with Gasteiger partial charge < -0.3 is 20.1 Å². The Morgan fingerprint density at radius 3 is 2.72 bits per heavy atom. The van der Waals surface area contributed by atoms with Crippen molar-refractivity contribution in [1.29, 1.82) is 0 Å². The number of carbonyl (C=O) groups excluding carboxylic acids is 2. The molecule has 0 bridgehead atoms. The highest BCUT2D eigenvalue weighted by atomic mass is 19.1. The molecule has 3 aromatic rings. The van der Waals surface area contributed by atoms with Gasteiger partial charge in [0.05, 0.1) is 6.54 Å². The molecule has 0 saturated carbocycles. The minimum Gasteiger partial charge on any atom is -0.502 e. The minimum atomic E-state index is -1.04. The number of halogens is 2. The standard InChI is InChI=1S/C25H22F2N4O5/c1-29-13-30(11-17-8-14-4-2-3-5-20(14)36-17)25(35)21-23(33)22(32)18(12-31(21)29)24(34)28-10-15-6-7-16(26)9-19(15)27/h2-7,9,12,17,33H,8,10-11,13H2,1H3,(H,28,34). The number of nitrogens with one attached hydrogen (secondary N) is 1. The molecule has 2 aliphatic heterocycles. The molecule has 2 aromatic carbocycles. The molecule has 2 amide bonds. The van der Waals surface area contributed by atoms with Crippen LogP contribution in [0.25, 0.3) is 0 Å². The highest BCUT2D eigenvalue weighted by Crippen LogP contribution is 2.29. The molecule has 0 saturated heterocycles. The van der Waals surface area contributed by atoms with E-state index in [1.807, 2.05) is 24.3 Å². The van der Waals surface area contributed by atoms with Crippen LogP contribution in [0.4, 0.5) is 8.78 Å². The molecule has 5 rings (SSSR count). The van der Waals surface area contributed by atoms with E-state index < -0.39 is 40.2 Å². The number of nitrogens with zero attached hydrogens (tertiary/aromatic N) is 3. The van der Waals surface area contributed by atoms with E-state index in [0.29, 0.717) is 12.5 Å². The van der Waals surface area contributed by atoms with Gasteiger partial charge in [0.25, 0.3) is 11.8 Å². The number of hydrogen-bond acceptors (Lipinski definition) is 6. The Morgan fingerprint density at radius 2 is 1.97 bits per heavy atom. The second-order valence-corrected chi connectivity index (χ2v) is 8.71. The lowest BCUT2D eigenvalue weighted by molar-refractivity contribution is 0.0610. The molecular formula is C25H22F2N4O5. The lowest BCUT2D eigenvalue weighted by Gasteiger charge is -2.38. The van der Waals surface area contributed by atoms with E-state index in [1.54, 1.807) is 12.1 Å². The highest BCUT2D eigenvalue weighted by molar-refractivity contribution is 5.99. The summed E-state index contributed by atoms with van der Waals surface area (Å²) in [6, 6.07) is 10.5. The third-order valence-corrected chi connectivity index (χ3v) is 6.23. The summed E-state index contributed by atoms with van der Waals surface area (Å²) in [5.74, 6) is -3.17. The summed E-state index contributed by atoms with van der Waals surface area (Å²) in [4.78, 5) is 40.1. The van der Waals surface area contributed by atoms with Crippen molar-refractivity contribution in [3.05, 3.63) is 92.9 Å². The lowest BCUT2D eigenvalue weighted by Crippen LogP contribution is -2.54. The van der Waals surface area contributed by atoms with E-state index in [9.17, 15) is 28.3 Å². The zero-order valence-electron chi connectivity index (χ0n) is 19.2. The fourth-order valence-corrected chi connectivity index (χ4v) is 4.43. The highest BCUT2D eigenvalue weighted by Gasteiger charge is 2.35. The number of amides is 2. The van der Waals surface area contributed by atoms with Gasteiger partial charge in [0.2, 0.25) is 5.43 Å². The number of hydrogen-bond donors (Lipinski definition) is 2. The largest absolute Gasteiger partial charge is 0.502 e. The summed E-state index contributed by atoms with van der Waals surface area (Å²) < 4.78 is 34.1. The molecule has 9 nitrogen and oxygen atoms in total. The van der Waals surface area contributed by atoms with Crippen molar-refractivity contribution in [2.75, 3.05) is 25.3 Å². The van der Waals surface area contributed by atoms with Gasteiger partial charge in [-0.3, -0.25) is 24.1 Å². The number of para-hydroxylation sites is 1. The van der Waals surface area contributed by atoms with Gasteiger partial charge in [-0.2, -0.15) is 0 Å². The second kappa shape index (κ2) is 8.99. The number of carbonyl (C=O) groups is 2. The van der Waals surface area contributed by atoms with Crippen LogP contribution in [0.5, 0.6) is 11.5 Å². The van der Waals surface area contributed by atoms with Crippen molar-refractivity contribution in [2.24, 2.45) is 0 Å². The van der Waals surface area contributed by atoms with Gasteiger partial charge in [0, 0.05) is 37.8 Å².